The van der Waals surface area contributed by atoms with Gasteiger partial charge in [-0.2, -0.15) is 0 Å². The minimum absolute atomic E-state index is 0.0546. The Morgan fingerprint density at radius 1 is 1.13 bits per heavy atom. The summed E-state index contributed by atoms with van der Waals surface area (Å²) in [5.74, 6) is -0.629. The smallest absolute Gasteiger partial charge is 0.336 e. The van der Waals surface area contributed by atoms with Gasteiger partial charge in [0.05, 0.1) is 23.0 Å². The van der Waals surface area contributed by atoms with Crippen molar-refractivity contribution in [2.75, 3.05) is 11.1 Å². The number of thioether (sulfide) groups is 1. The van der Waals surface area contributed by atoms with Crippen molar-refractivity contribution in [2.45, 2.75) is 18.6 Å². The summed E-state index contributed by atoms with van der Waals surface area (Å²) in [6.45, 7) is 1.31. The van der Waals surface area contributed by atoms with Gasteiger partial charge in [-0.05, 0) is 24.3 Å². The predicted molar refractivity (Wildman–Crippen MR) is 117 cm³/mol. The van der Waals surface area contributed by atoms with E-state index in [0.29, 0.717) is 27.2 Å². The van der Waals surface area contributed by atoms with Crippen LogP contribution in [0.5, 0.6) is 0 Å². The van der Waals surface area contributed by atoms with Gasteiger partial charge in [-0.3, -0.25) is 14.6 Å². The van der Waals surface area contributed by atoms with Gasteiger partial charge >= 0.3 is 11.6 Å². The van der Waals surface area contributed by atoms with Crippen LogP contribution in [-0.2, 0) is 20.9 Å². The minimum Gasteiger partial charge on any atom is -0.460 e. The molecule has 0 spiro atoms. The lowest BCUT2D eigenvalue weighted by Crippen LogP contribution is -2.10. The first-order valence-corrected chi connectivity index (χ1v) is 10.3. The Bertz CT molecular complexity index is 1350. The van der Waals surface area contributed by atoms with Crippen molar-refractivity contribution < 1.29 is 18.7 Å². The van der Waals surface area contributed by atoms with Crippen molar-refractivity contribution >= 4 is 51.3 Å². The maximum Gasteiger partial charge on any atom is 0.336 e. The zero-order valence-electron chi connectivity index (χ0n) is 16.5. The quantitative estimate of drug-likeness (QED) is 0.278. The van der Waals surface area contributed by atoms with Crippen molar-refractivity contribution in [3.63, 3.8) is 0 Å². The fourth-order valence-corrected chi connectivity index (χ4v) is 3.61. The first-order valence-electron chi connectivity index (χ1n) is 9.32. The highest BCUT2D eigenvalue weighted by molar-refractivity contribution is 7.99. The number of rotatable bonds is 6. The standard InChI is InChI=1S/C22H17N3O5S/c1-13(26)24-15-6-7-16-14(8-21(27)30-19(16)9-15)11-29-22(28)12-31-20-10-23-17-4-2-3-5-18(17)25-20/h2-10H,11-12H2,1H3,(H,24,26). The van der Waals surface area contributed by atoms with Gasteiger partial charge in [0.25, 0.3) is 0 Å². The number of benzene rings is 2. The Labute approximate surface area is 180 Å². The molecule has 0 radical (unpaired) electrons. The maximum absolute atomic E-state index is 12.2. The molecule has 31 heavy (non-hydrogen) atoms. The summed E-state index contributed by atoms with van der Waals surface area (Å²) in [6, 6.07) is 13.7. The average molecular weight is 435 g/mol. The van der Waals surface area contributed by atoms with Crippen molar-refractivity contribution in [3.05, 3.63) is 70.7 Å². The molecule has 4 rings (SSSR count). The van der Waals surface area contributed by atoms with Gasteiger partial charge in [0.1, 0.15) is 17.2 Å². The Morgan fingerprint density at radius 2 is 1.94 bits per heavy atom. The number of anilines is 1. The first kappa shape index (κ1) is 20.5. The molecule has 0 bridgehead atoms. The van der Waals surface area contributed by atoms with Crippen LogP contribution >= 0.6 is 11.8 Å². The zero-order valence-corrected chi connectivity index (χ0v) is 17.3. The number of carbonyl (C=O) groups excluding carboxylic acids is 2. The van der Waals surface area contributed by atoms with Crippen LogP contribution in [-0.4, -0.2) is 27.6 Å². The van der Waals surface area contributed by atoms with E-state index >= 15 is 0 Å². The molecule has 4 aromatic rings. The monoisotopic (exact) mass is 435 g/mol. The second-order valence-corrected chi connectivity index (χ2v) is 7.62. The summed E-state index contributed by atoms with van der Waals surface area (Å²) in [4.78, 5) is 44.1. The average Bonchev–Trinajstić information content (AvgIpc) is 2.75. The van der Waals surface area contributed by atoms with Gasteiger partial charge in [0, 0.05) is 35.7 Å². The summed E-state index contributed by atoms with van der Waals surface area (Å²) >= 11 is 1.22. The normalized spacial score (nSPS) is 10.9. The highest BCUT2D eigenvalue weighted by Crippen LogP contribution is 2.23. The van der Waals surface area contributed by atoms with Gasteiger partial charge in [-0.15, -0.1) is 0 Å². The Hall–Kier alpha value is -3.72. The maximum atomic E-state index is 12.2. The number of fused-ring (bicyclic) bond motifs is 2. The molecule has 1 amide bonds. The van der Waals surface area contributed by atoms with Crippen LogP contribution in [0.25, 0.3) is 22.0 Å². The first-order chi connectivity index (χ1) is 15.0. The minimum atomic E-state index is -0.570. The molecular formula is C22H17N3O5S. The summed E-state index contributed by atoms with van der Waals surface area (Å²) in [7, 11) is 0. The summed E-state index contributed by atoms with van der Waals surface area (Å²) in [6.07, 6.45) is 1.61. The zero-order chi connectivity index (χ0) is 21.8. The fraction of sp³-hybridized carbons (Fsp3) is 0.136. The lowest BCUT2D eigenvalue weighted by molar-refractivity contribution is -0.141. The highest BCUT2D eigenvalue weighted by atomic mass is 32.2. The lowest BCUT2D eigenvalue weighted by Gasteiger charge is -2.09. The molecule has 1 N–H and O–H groups in total. The van der Waals surface area contributed by atoms with E-state index in [1.807, 2.05) is 24.3 Å². The van der Waals surface area contributed by atoms with E-state index in [0.717, 1.165) is 11.0 Å². The largest absolute Gasteiger partial charge is 0.460 e. The van der Waals surface area contributed by atoms with E-state index in [4.69, 9.17) is 9.15 Å². The van der Waals surface area contributed by atoms with E-state index in [1.165, 1.54) is 24.8 Å². The Kier molecular flexibility index (Phi) is 5.94. The number of ether oxygens (including phenoxy) is 1. The van der Waals surface area contributed by atoms with E-state index in [-0.39, 0.29) is 18.3 Å². The van der Waals surface area contributed by atoms with Gasteiger partial charge < -0.3 is 14.5 Å². The van der Waals surface area contributed by atoms with Gasteiger partial charge in [-0.1, -0.05) is 23.9 Å². The molecule has 8 nitrogen and oxygen atoms in total. The third-order valence-electron chi connectivity index (χ3n) is 4.30. The number of aromatic nitrogens is 2. The summed E-state index contributed by atoms with van der Waals surface area (Å²) in [5, 5.41) is 3.87. The molecule has 2 heterocycles. The van der Waals surface area contributed by atoms with Crippen molar-refractivity contribution in [1.82, 2.24) is 9.97 Å². The Balaban J connectivity index is 1.42. The molecular weight excluding hydrogens is 418 g/mol. The number of nitrogens with one attached hydrogen (secondary N) is 1. The van der Waals surface area contributed by atoms with E-state index < -0.39 is 11.6 Å². The summed E-state index contributed by atoms with van der Waals surface area (Å²) < 4.78 is 10.5. The van der Waals surface area contributed by atoms with Crippen LogP contribution in [0.15, 0.2) is 69.0 Å². The van der Waals surface area contributed by atoms with Crippen molar-refractivity contribution in [1.29, 1.82) is 0 Å². The van der Waals surface area contributed by atoms with Crippen molar-refractivity contribution in [3.8, 4) is 0 Å². The SMILES string of the molecule is CC(=O)Nc1ccc2c(COC(=O)CSc3cnc4ccccc4n3)cc(=O)oc2c1. The number of amides is 1. The third kappa shape index (κ3) is 5.07. The van der Waals surface area contributed by atoms with Crippen LogP contribution in [0.1, 0.15) is 12.5 Å². The molecule has 0 atom stereocenters. The summed E-state index contributed by atoms with van der Waals surface area (Å²) in [5.41, 5.74) is 2.28. The van der Waals surface area contributed by atoms with Crippen LogP contribution in [0.2, 0.25) is 0 Å². The molecule has 0 saturated heterocycles. The number of nitrogens with zero attached hydrogens (tertiary/aromatic N) is 2. The second-order valence-electron chi connectivity index (χ2n) is 6.63. The molecule has 0 aliphatic heterocycles. The molecule has 2 aromatic heterocycles. The number of hydrogen-bond acceptors (Lipinski definition) is 8. The Morgan fingerprint density at radius 3 is 2.74 bits per heavy atom. The number of carbonyl (C=O) groups is 2. The highest BCUT2D eigenvalue weighted by Gasteiger charge is 2.11. The second kappa shape index (κ2) is 8.97. The van der Waals surface area contributed by atoms with E-state index in [1.54, 1.807) is 24.4 Å². The van der Waals surface area contributed by atoms with Crippen LogP contribution in [0.3, 0.4) is 0 Å². The molecule has 2 aromatic carbocycles. The number of esters is 1. The van der Waals surface area contributed by atoms with E-state index in [9.17, 15) is 14.4 Å². The van der Waals surface area contributed by atoms with Gasteiger partial charge in [0.2, 0.25) is 5.91 Å². The third-order valence-corrected chi connectivity index (χ3v) is 5.18. The van der Waals surface area contributed by atoms with Crippen LogP contribution < -0.4 is 10.9 Å². The van der Waals surface area contributed by atoms with Crippen molar-refractivity contribution in [2.24, 2.45) is 0 Å². The molecule has 0 fully saturated rings. The molecule has 156 valence electrons. The molecule has 0 aliphatic rings. The van der Waals surface area contributed by atoms with Gasteiger partial charge in [-0.25, -0.2) is 9.78 Å². The number of hydrogen-bond donors (Lipinski definition) is 1. The number of para-hydroxylation sites is 2. The van der Waals surface area contributed by atoms with Gasteiger partial charge in [0.15, 0.2) is 0 Å². The lowest BCUT2D eigenvalue weighted by atomic mass is 10.1. The predicted octanol–water partition coefficient (Wildman–Crippen LogP) is 3.53. The molecule has 9 heteroatoms. The van der Waals surface area contributed by atoms with E-state index in [2.05, 4.69) is 15.3 Å². The molecule has 0 saturated carbocycles. The topological polar surface area (TPSA) is 111 Å². The van der Waals surface area contributed by atoms with Crippen LogP contribution in [0, 0.1) is 0 Å². The van der Waals surface area contributed by atoms with Crippen LogP contribution in [0.4, 0.5) is 5.69 Å². The molecule has 0 unspecified atom stereocenters. The fourth-order valence-electron chi connectivity index (χ4n) is 2.97. The molecule has 0 aliphatic carbocycles.